The second-order valence-electron chi connectivity index (χ2n) is 6.49. The molecule has 0 bridgehead atoms. The van der Waals surface area contributed by atoms with Crippen molar-refractivity contribution in [3.8, 4) is 17.2 Å². The van der Waals surface area contributed by atoms with E-state index in [-0.39, 0.29) is 17.9 Å². The van der Waals surface area contributed by atoms with E-state index >= 15 is 0 Å². The van der Waals surface area contributed by atoms with E-state index in [1.54, 1.807) is 31.4 Å². The minimum absolute atomic E-state index is 0.0591. The molecule has 0 aromatic heterocycles. The molecule has 0 aliphatic carbocycles. The number of rotatable bonds is 6. The number of carbonyl (C=O) groups excluding carboxylic acids is 1. The van der Waals surface area contributed by atoms with Crippen LogP contribution in [0.15, 0.2) is 53.4 Å². The van der Waals surface area contributed by atoms with Crippen LogP contribution in [0.5, 0.6) is 17.2 Å². The van der Waals surface area contributed by atoms with Gasteiger partial charge in [0, 0.05) is 6.61 Å². The monoisotopic (exact) mass is 423 g/mol. The Morgan fingerprint density at radius 1 is 1.10 bits per heavy atom. The zero-order chi connectivity index (χ0) is 21.1. The molecule has 2 atom stereocenters. The van der Waals surface area contributed by atoms with Crippen LogP contribution in [0, 0.1) is 0 Å². The maximum Gasteiger partial charge on any atom is 0.279 e. The Kier molecular flexibility index (Phi) is 6.08. The van der Waals surface area contributed by atoms with Gasteiger partial charge in [0.05, 0.1) is 18.6 Å². The van der Waals surface area contributed by atoms with Crippen LogP contribution in [-0.4, -0.2) is 55.8 Å². The Bertz CT molecular complexity index is 959. The largest absolute Gasteiger partial charge is 0.497 e. The van der Waals surface area contributed by atoms with E-state index in [1.807, 2.05) is 0 Å². The van der Waals surface area contributed by atoms with Crippen molar-refractivity contribution in [2.24, 2.45) is 0 Å². The highest BCUT2D eigenvalue weighted by atomic mass is 32.2. The van der Waals surface area contributed by atoms with Gasteiger partial charge in [-0.25, -0.2) is 13.9 Å². The molecule has 1 amide bonds. The summed E-state index contributed by atoms with van der Waals surface area (Å²) in [4.78, 5) is 11.8. The number of benzene rings is 2. The second kappa shape index (κ2) is 8.37. The summed E-state index contributed by atoms with van der Waals surface area (Å²) in [6, 6.07) is 12.5. The summed E-state index contributed by atoms with van der Waals surface area (Å²) < 4.78 is 41.9. The molecule has 1 heterocycles. The maximum atomic E-state index is 13.0. The molecule has 1 fully saturated rings. The van der Waals surface area contributed by atoms with Crippen LogP contribution < -0.4 is 15.0 Å². The van der Waals surface area contributed by atoms with E-state index in [0.29, 0.717) is 17.2 Å². The zero-order valence-electron chi connectivity index (χ0n) is 15.6. The lowest BCUT2D eigenvalue weighted by Crippen LogP contribution is -2.62. The molecule has 3 rings (SSSR count). The molecule has 1 aliphatic heterocycles. The van der Waals surface area contributed by atoms with Gasteiger partial charge in [-0.15, -0.1) is 0 Å². The summed E-state index contributed by atoms with van der Waals surface area (Å²) >= 11 is 0. The molecule has 0 saturated carbocycles. The molecule has 2 unspecified atom stereocenters. The summed E-state index contributed by atoms with van der Waals surface area (Å²) in [7, 11) is -2.54. The summed E-state index contributed by atoms with van der Waals surface area (Å²) in [5.74, 6) is 0.393. The van der Waals surface area contributed by atoms with Gasteiger partial charge in [-0.3, -0.25) is 10.0 Å². The number of carbonyl (C=O) groups is 1. The number of ether oxygens (including phenoxy) is 3. The predicted octanol–water partition coefficient (Wildman–Crippen LogP) is 1.29. The van der Waals surface area contributed by atoms with Crippen LogP contribution in [-0.2, 0) is 19.4 Å². The number of hydrogen-bond donors (Lipinski definition) is 3. The van der Waals surface area contributed by atoms with Gasteiger partial charge in [-0.2, -0.15) is 0 Å². The molecule has 1 aliphatic rings. The summed E-state index contributed by atoms with van der Waals surface area (Å²) in [5.41, 5.74) is -1.09. The topological polar surface area (TPSA) is 131 Å². The van der Waals surface area contributed by atoms with Gasteiger partial charge in [0.2, 0.25) is 0 Å². The SMILES string of the molecule is COc1ccc(Oc2ccc(S(=O)(=O)C3CCOCC3(O)C(=O)NO)cc2)cc1. The van der Waals surface area contributed by atoms with Crippen molar-refractivity contribution in [2.45, 2.75) is 22.2 Å². The van der Waals surface area contributed by atoms with E-state index in [2.05, 4.69) is 0 Å². The molecule has 1 saturated heterocycles. The summed E-state index contributed by atoms with van der Waals surface area (Å²) in [5, 5.41) is 18.0. The van der Waals surface area contributed by atoms with Crippen molar-refractivity contribution in [1.82, 2.24) is 5.48 Å². The number of methoxy groups -OCH3 is 1. The number of nitrogens with one attached hydrogen (secondary N) is 1. The van der Waals surface area contributed by atoms with Crippen LogP contribution in [0.3, 0.4) is 0 Å². The van der Waals surface area contributed by atoms with E-state index < -0.39 is 33.2 Å². The smallest absolute Gasteiger partial charge is 0.279 e. The standard InChI is InChI=1S/C19H21NO8S/c1-26-13-2-4-14(5-3-13)28-15-6-8-16(9-7-15)29(24,25)17-10-11-27-12-19(17,22)18(21)20-23/h2-9,17,22-23H,10-12H2,1H3,(H,20,21). The lowest BCUT2D eigenvalue weighted by Gasteiger charge is -2.36. The van der Waals surface area contributed by atoms with Gasteiger partial charge < -0.3 is 19.3 Å². The lowest BCUT2D eigenvalue weighted by atomic mass is 9.95. The zero-order valence-corrected chi connectivity index (χ0v) is 16.4. The first-order valence-corrected chi connectivity index (χ1v) is 10.3. The number of sulfone groups is 1. The molecule has 0 spiro atoms. The number of aliphatic hydroxyl groups is 1. The van der Waals surface area contributed by atoms with Gasteiger partial charge in [0.1, 0.15) is 22.5 Å². The van der Waals surface area contributed by atoms with Crippen LogP contribution in [0.4, 0.5) is 0 Å². The van der Waals surface area contributed by atoms with Crippen molar-refractivity contribution in [1.29, 1.82) is 0 Å². The van der Waals surface area contributed by atoms with Crippen LogP contribution in [0.2, 0.25) is 0 Å². The molecule has 9 nitrogen and oxygen atoms in total. The fraction of sp³-hybridized carbons (Fsp3) is 0.316. The van der Waals surface area contributed by atoms with E-state index in [1.165, 1.54) is 29.7 Å². The molecule has 156 valence electrons. The average Bonchev–Trinajstić information content (AvgIpc) is 2.74. The fourth-order valence-corrected chi connectivity index (χ4v) is 5.05. The first-order valence-electron chi connectivity index (χ1n) is 8.72. The van der Waals surface area contributed by atoms with E-state index in [0.717, 1.165) is 0 Å². The second-order valence-corrected chi connectivity index (χ2v) is 8.62. The third-order valence-corrected chi connectivity index (χ3v) is 7.00. The summed E-state index contributed by atoms with van der Waals surface area (Å²) in [6.07, 6.45) is -0.101. The minimum atomic E-state index is -4.10. The molecular weight excluding hydrogens is 402 g/mol. The third-order valence-electron chi connectivity index (χ3n) is 4.70. The Hall–Kier alpha value is -2.66. The quantitative estimate of drug-likeness (QED) is 0.468. The average molecular weight is 423 g/mol. The van der Waals surface area contributed by atoms with Crippen LogP contribution >= 0.6 is 0 Å². The van der Waals surface area contributed by atoms with Crippen molar-refractivity contribution in [3.63, 3.8) is 0 Å². The van der Waals surface area contributed by atoms with Gasteiger partial charge in [-0.05, 0) is 55.0 Å². The molecule has 10 heteroatoms. The highest BCUT2D eigenvalue weighted by molar-refractivity contribution is 7.92. The highest BCUT2D eigenvalue weighted by Gasteiger charge is 2.53. The first kappa shape index (κ1) is 21.1. The Morgan fingerprint density at radius 2 is 1.66 bits per heavy atom. The molecule has 0 radical (unpaired) electrons. The molecule has 2 aromatic rings. The highest BCUT2D eigenvalue weighted by Crippen LogP contribution is 2.32. The summed E-state index contributed by atoms with van der Waals surface area (Å²) in [6.45, 7) is -0.481. The normalized spacial score (nSPS) is 22.0. The Balaban J connectivity index is 1.82. The van der Waals surface area contributed by atoms with Crippen molar-refractivity contribution >= 4 is 15.7 Å². The van der Waals surface area contributed by atoms with Crippen molar-refractivity contribution in [3.05, 3.63) is 48.5 Å². The van der Waals surface area contributed by atoms with Crippen LogP contribution in [0.1, 0.15) is 6.42 Å². The lowest BCUT2D eigenvalue weighted by molar-refractivity contribution is -0.161. The van der Waals surface area contributed by atoms with Gasteiger partial charge in [0.15, 0.2) is 15.4 Å². The minimum Gasteiger partial charge on any atom is -0.497 e. The van der Waals surface area contributed by atoms with E-state index in [4.69, 9.17) is 19.4 Å². The number of hydrogen-bond acceptors (Lipinski definition) is 8. The molecule has 29 heavy (non-hydrogen) atoms. The van der Waals surface area contributed by atoms with Gasteiger partial charge in [0.25, 0.3) is 5.91 Å². The predicted molar refractivity (Wildman–Crippen MR) is 101 cm³/mol. The fourth-order valence-electron chi connectivity index (χ4n) is 3.11. The van der Waals surface area contributed by atoms with E-state index in [9.17, 15) is 18.3 Å². The Labute approximate surface area is 167 Å². The first-order chi connectivity index (χ1) is 13.8. The van der Waals surface area contributed by atoms with Crippen molar-refractivity contribution < 1.29 is 37.7 Å². The number of hydroxylamine groups is 1. The molecular formula is C19H21NO8S. The van der Waals surface area contributed by atoms with Crippen molar-refractivity contribution in [2.75, 3.05) is 20.3 Å². The molecule has 3 N–H and O–H groups in total. The Morgan fingerprint density at radius 3 is 2.21 bits per heavy atom. The number of amides is 1. The van der Waals surface area contributed by atoms with Gasteiger partial charge in [-0.1, -0.05) is 0 Å². The van der Waals surface area contributed by atoms with Gasteiger partial charge >= 0.3 is 0 Å². The maximum absolute atomic E-state index is 13.0. The molecule has 2 aromatic carbocycles. The third kappa shape index (κ3) is 4.20. The van der Waals surface area contributed by atoms with Crippen LogP contribution in [0.25, 0.3) is 0 Å².